The maximum atomic E-state index is 12.9. The number of allylic oxidation sites excluding steroid dienone is 1. The van der Waals surface area contributed by atoms with E-state index in [4.69, 9.17) is 9.47 Å². The van der Waals surface area contributed by atoms with Crippen LogP contribution in [0.2, 0.25) is 0 Å². The standard InChI is InChI=1S/C22H19N5O4S/c1-2-9-26-20(29)15-5-3-4-6-16(15)27-21(26)24-25-22(27)32-13-19(28)23-14-7-8-17-18(12-14)31-11-10-30-17/h2-8,12H,1,9-11,13H2,(H,23,28). The summed E-state index contributed by atoms with van der Waals surface area (Å²) in [7, 11) is 0. The number of aromatic nitrogens is 4. The lowest BCUT2D eigenvalue weighted by Gasteiger charge is -2.18. The van der Waals surface area contributed by atoms with Crippen LogP contribution in [0.25, 0.3) is 16.7 Å². The number of para-hydroxylation sites is 1. The summed E-state index contributed by atoms with van der Waals surface area (Å²) in [5.74, 6) is 1.59. The molecule has 3 heterocycles. The van der Waals surface area contributed by atoms with E-state index in [-0.39, 0.29) is 17.2 Å². The molecule has 0 bridgehead atoms. The van der Waals surface area contributed by atoms with Crippen molar-refractivity contribution in [2.24, 2.45) is 0 Å². The van der Waals surface area contributed by atoms with Gasteiger partial charge in [-0.25, -0.2) is 0 Å². The number of anilines is 1. The highest BCUT2D eigenvalue weighted by molar-refractivity contribution is 7.99. The van der Waals surface area contributed by atoms with Crippen molar-refractivity contribution in [1.29, 1.82) is 0 Å². The molecular formula is C22H19N5O4S. The van der Waals surface area contributed by atoms with Gasteiger partial charge in [0.2, 0.25) is 11.7 Å². The molecule has 4 aromatic rings. The summed E-state index contributed by atoms with van der Waals surface area (Å²) in [6.45, 7) is 5.02. The maximum absolute atomic E-state index is 12.9. The second kappa shape index (κ2) is 8.39. The minimum Gasteiger partial charge on any atom is -0.486 e. The smallest absolute Gasteiger partial charge is 0.263 e. The molecule has 0 aliphatic carbocycles. The zero-order valence-electron chi connectivity index (χ0n) is 17.0. The second-order valence-electron chi connectivity index (χ2n) is 7.03. The van der Waals surface area contributed by atoms with Crippen LogP contribution in [-0.4, -0.2) is 44.0 Å². The molecule has 0 atom stereocenters. The molecule has 32 heavy (non-hydrogen) atoms. The zero-order valence-corrected chi connectivity index (χ0v) is 17.8. The van der Waals surface area contributed by atoms with Gasteiger partial charge in [0.05, 0.1) is 16.7 Å². The van der Waals surface area contributed by atoms with Crippen molar-refractivity contribution >= 4 is 40.0 Å². The predicted octanol–water partition coefficient (Wildman–Crippen LogP) is 2.73. The molecule has 10 heteroatoms. The molecule has 0 spiro atoms. The van der Waals surface area contributed by atoms with Crippen molar-refractivity contribution in [1.82, 2.24) is 19.2 Å². The first kappa shape index (κ1) is 20.1. The fourth-order valence-electron chi connectivity index (χ4n) is 3.57. The lowest BCUT2D eigenvalue weighted by atomic mass is 10.2. The number of hydrogen-bond acceptors (Lipinski definition) is 7. The van der Waals surface area contributed by atoms with E-state index >= 15 is 0 Å². The van der Waals surface area contributed by atoms with E-state index in [0.29, 0.717) is 58.8 Å². The first-order chi connectivity index (χ1) is 15.7. The topological polar surface area (TPSA) is 99.8 Å². The van der Waals surface area contributed by atoms with Gasteiger partial charge in [-0.1, -0.05) is 30.0 Å². The fraction of sp³-hybridized carbons (Fsp3) is 0.182. The van der Waals surface area contributed by atoms with Gasteiger partial charge in [-0.15, -0.1) is 16.8 Å². The minimum absolute atomic E-state index is 0.115. The molecule has 9 nitrogen and oxygen atoms in total. The normalized spacial score (nSPS) is 12.8. The van der Waals surface area contributed by atoms with Crippen molar-refractivity contribution in [2.45, 2.75) is 11.7 Å². The van der Waals surface area contributed by atoms with Gasteiger partial charge >= 0.3 is 0 Å². The van der Waals surface area contributed by atoms with Crippen molar-refractivity contribution in [2.75, 3.05) is 24.3 Å². The first-order valence-corrected chi connectivity index (χ1v) is 10.9. The lowest BCUT2D eigenvalue weighted by Crippen LogP contribution is -2.22. The molecule has 1 aliphatic rings. The Morgan fingerprint density at radius 2 is 1.97 bits per heavy atom. The van der Waals surface area contributed by atoms with E-state index in [0.717, 1.165) is 0 Å². The van der Waals surface area contributed by atoms with Crippen LogP contribution in [-0.2, 0) is 11.3 Å². The Morgan fingerprint density at radius 3 is 2.81 bits per heavy atom. The van der Waals surface area contributed by atoms with Crippen LogP contribution >= 0.6 is 11.8 Å². The maximum Gasteiger partial charge on any atom is 0.263 e. The SMILES string of the molecule is C=CCn1c(=O)c2ccccc2n2c(SCC(=O)Nc3ccc4c(c3)OCCO4)nnc12. The third-order valence-corrected chi connectivity index (χ3v) is 5.88. The van der Waals surface area contributed by atoms with Gasteiger partial charge in [0.1, 0.15) is 13.2 Å². The number of rotatable bonds is 6. The Hall–Kier alpha value is -3.79. The van der Waals surface area contributed by atoms with Gasteiger partial charge in [-0.3, -0.25) is 18.6 Å². The lowest BCUT2D eigenvalue weighted by molar-refractivity contribution is -0.113. The van der Waals surface area contributed by atoms with Crippen LogP contribution in [0.5, 0.6) is 11.5 Å². The Bertz CT molecular complexity index is 1410. The number of amides is 1. The van der Waals surface area contributed by atoms with Crippen LogP contribution in [0.4, 0.5) is 5.69 Å². The molecule has 1 amide bonds. The largest absolute Gasteiger partial charge is 0.486 e. The molecule has 5 rings (SSSR count). The van der Waals surface area contributed by atoms with Crippen LogP contribution in [0.3, 0.4) is 0 Å². The monoisotopic (exact) mass is 449 g/mol. The Balaban J connectivity index is 1.40. The first-order valence-electron chi connectivity index (χ1n) is 9.95. The van der Waals surface area contributed by atoms with E-state index in [1.165, 1.54) is 16.3 Å². The average molecular weight is 449 g/mol. The number of carbonyl (C=O) groups excluding carboxylic acids is 1. The van der Waals surface area contributed by atoms with Crippen LogP contribution in [0.1, 0.15) is 0 Å². The highest BCUT2D eigenvalue weighted by Gasteiger charge is 2.18. The summed E-state index contributed by atoms with van der Waals surface area (Å²) < 4.78 is 14.4. The number of benzene rings is 2. The molecule has 0 saturated heterocycles. The van der Waals surface area contributed by atoms with Crippen LogP contribution in [0, 0.1) is 0 Å². The van der Waals surface area contributed by atoms with Crippen LogP contribution < -0.4 is 20.3 Å². The Morgan fingerprint density at radius 1 is 1.16 bits per heavy atom. The van der Waals surface area contributed by atoms with Crippen molar-refractivity contribution in [3.63, 3.8) is 0 Å². The molecule has 2 aromatic carbocycles. The number of fused-ring (bicyclic) bond motifs is 4. The Labute approximate surface area is 186 Å². The molecule has 0 fully saturated rings. The van der Waals surface area contributed by atoms with Crippen molar-refractivity contribution < 1.29 is 14.3 Å². The molecule has 2 aromatic heterocycles. The number of thioether (sulfide) groups is 1. The van der Waals surface area contributed by atoms with E-state index in [1.807, 2.05) is 18.2 Å². The number of ether oxygens (including phenoxy) is 2. The molecule has 162 valence electrons. The van der Waals surface area contributed by atoms with Gasteiger partial charge < -0.3 is 14.8 Å². The quantitative estimate of drug-likeness (QED) is 0.357. The van der Waals surface area contributed by atoms with Crippen LogP contribution in [0.15, 0.2) is 65.1 Å². The van der Waals surface area contributed by atoms with E-state index in [1.54, 1.807) is 34.7 Å². The summed E-state index contributed by atoms with van der Waals surface area (Å²) in [5, 5.41) is 12.4. The number of hydrogen-bond donors (Lipinski definition) is 1. The number of carbonyl (C=O) groups is 1. The van der Waals surface area contributed by atoms with Gasteiger partial charge in [-0.05, 0) is 24.3 Å². The van der Waals surface area contributed by atoms with Gasteiger partial charge in [-0.2, -0.15) is 0 Å². The third-order valence-electron chi connectivity index (χ3n) is 4.95. The third kappa shape index (κ3) is 3.58. The molecule has 0 radical (unpaired) electrons. The fourth-order valence-corrected chi connectivity index (χ4v) is 4.31. The molecular weight excluding hydrogens is 430 g/mol. The van der Waals surface area contributed by atoms with E-state index < -0.39 is 0 Å². The Kier molecular flexibility index (Phi) is 5.28. The van der Waals surface area contributed by atoms with E-state index in [2.05, 4.69) is 22.1 Å². The zero-order chi connectivity index (χ0) is 22.1. The summed E-state index contributed by atoms with van der Waals surface area (Å²) >= 11 is 1.24. The van der Waals surface area contributed by atoms with Crippen molar-refractivity contribution in [3.8, 4) is 11.5 Å². The minimum atomic E-state index is -0.202. The number of nitrogens with zero attached hydrogens (tertiary/aromatic N) is 4. The van der Waals surface area contributed by atoms with Gasteiger partial charge in [0.25, 0.3) is 5.56 Å². The van der Waals surface area contributed by atoms with Gasteiger partial charge in [0.15, 0.2) is 16.7 Å². The summed E-state index contributed by atoms with van der Waals surface area (Å²) in [4.78, 5) is 25.4. The van der Waals surface area contributed by atoms with Crippen molar-refractivity contribution in [3.05, 3.63) is 65.5 Å². The highest BCUT2D eigenvalue weighted by atomic mass is 32.2. The summed E-state index contributed by atoms with van der Waals surface area (Å²) in [5.41, 5.74) is 1.15. The number of nitrogens with one attached hydrogen (secondary N) is 1. The molecule has 0 saturated carbocycles. The highest BCUT2D eigenvalue weighted by Crippen LogP contribution is 2.32. The summed E-state index contributed by atoms with van der Waals surface area (Å²) in [6.07, 6.45) is 1.64. The molecule has 1 aliphatic heterocycles. The second-order valence-corrected chi connectivity index (χ2v) is 7.98. The van der Waals surface area contributed by atoms with E-state index in [9.17, 15) is 9.59 Å². The summed E-state index contributed by atoms with van der Waals surface area (Å²) in [6, 6.07) is 12.5. The van der Waals surface area contributed by atoms with Gasteiger partial charge in [0, 0.05) is 18.3 Å². The molecule has 1 N–H and O–H groups in total. The molecule has 0 unspecified atom stereocenters. The predicted molar refractivity (Wildman–Crippen MR) is 122 cm³/mol. The average Bonchev–Trinajstić information content (AvgIpc) is 3.24.